The van der Waals surface area contributed by atoms with E-state index in [9.17, 15) is 14.3 Å². The summed E-state index contributed by atoms with van der Waals surface area (Å²) in [6.45, 7) is 2.78. The zero-order chi connectivity index (χ0) is 24.5. The predicted molar refractivity (Wildman–Crippen MR) is 127 cm³/mol. The number of phenols is 1. The molecule has 0 aromatic heterocycles. The van der Waals surface area contributed by atoms with Gasteiger partial charge in [0.05, 0.1) is 20.3 Å². The molecule has 3 aromatic carbocycles. The maximum Gasteiger partial charge on any atom is 0.303 e. The van der Waals surface area contributed by atoms with Crippen molar-refractivity contribution in [3.63, 3.8) is 0 Å². The fourth-order valence-electron chi connectivity index (χ4n) is 3.54. The Balaban J connectivity index is 1.57. The third kappa shape index (κ3) is 6.88. The van der Waals surface area contributed by atoms with E-state index in [1.807, 2.05) is 19.1 Å². The van der Waals surface area contributed by atoms with Crippen molar-refractivity contribution in [1.82, 2.24) is 0 Å². The van der Waals surface area contributed by atoms with E-state index in [0.29, 0.717) is 55.3 Å². The fraction of sp³-hybridized carbons (Fsp3) is 0.296. The molecule has 0 atom stereocenters. The number of phenolic OH excluding ortho intramolecular Hbond substituents is 1. The van der Waals surface area contributed by atoms with Crippen LogP contribution in [0.2, 0.25) is 0 Å². The molecular formula is C27H29FO6. The molecule has 0 bridgehead atoms. The minimum atomic E-state index is -0.856. The normalized spacial score (nSPS) is 10.7. The molecule has 0 aliphatic rings. The summed E-state index contributed by atoms with van der Waals surface area (Å²) in [6.07, 6.45) is 1.74. The quantitative estimate of drug-likeness (QED) is 0.335. The van der Waals surface area contributed by atoms with E-state index in [1.54, 1.807) is 37.4 Å². The van der Waals surface area contributed by atoms with Crippen molar-refractivity contribution in [2.45, 2.75) is 32.6 Å². The number of aromatic hydroxyl groups is 1. The molecule has 0 aliphatic carbocycles. The van der Waals surface area contributed by atoms with Gasteiger partial charge >= 0.3 is 5.97 Å². The minimum absolute atomic E-state index is 0.0347. The monoisotopic (exact) mass is 468 g/mol. The zero-order valence-corrected chi connectivity index (χ0v) is 19.3. The number of rotatable bonds is 12. The summed E-state index contributed by atoms with van der Waals surface area (Å²) < 4.78 is 30.2. The molecule has 3 aromatic rings. The Labute approximate surface area is 198 Å². The molecule has 34 heavy (non-hydrogen) atoms. The SMILES string of the molecule is CCc1cc(-c2ccc(F)cc2)c(O)cc1OCCCOc1cc(CCC(=O)O)cc(OC)c1. The first-order valence-corrected chi connectivity index (χ1v) is 11.2. The molecule has 2 N–H and O–H groups in total. The van der Waals surface area contributed by atoms with Crippen LogP contribution in [-0.4, -0.2) is 36.5 Å². The lowest BCUT2D eigenvalue weighted by Crippen LogP contribution is -2.07. The Hall–Kier alpha value is -3.74. The Morgan fingerprint density at radius 1 is 0.971 bits per heavy atom. The molecule has 0 heterocycles. The van der Waals surface area contributed by atoms with Crippen LogP contribution in [0.1, 0.15) is 30.9 Å². The molecule has 0 amide bonds. The number of aliphatic carboxylic acids is 1. The molecule has 3 rings (SSSR count). The second-order valence-electron chi connectivity index (χ2n) is 7.80. The average molecular weight is 469 g/mol. The second kappa shape index (κ2) is 11.9. The Kier molecular flexibility index (Phi) is 8.73. The first-order chi connectivity index (χ1) is 16.4. The summed E-state index contributed by atoms with van der Waals surface area (Å²) >= 11 is 0. The summed E-state index contributed by atoms with van der Waals surface area (Å²) in [5.41, 5.74) is 3.13. The van der Waals surface area contributed by atoms with Crippen molar-refractivity contribution in [3.05, 3.63) is 71.5 Å². The van der Waals surface area contributed by atoms with Gasteiger partial charge in [0.1, 0.15) is 28.8 Å². The zero-order valence-electron chi connectivity index (χ0n) is 19.3. The van der Waals surface area contributed by atoms with Gasteiger partial charge in [-0.2, -0.15) is 0 Å². The standard InChI is InChI=1S/C27H29FO6/c1-3-19-15-24(20-6-8-21(28)9-7-20)25(29)17-26(19)34-12-4-11-33-23-14-18(5-10-27(30)31)13-22(16-23)32-2/h6-9,13-17,29H,3-5,10-12H2,1-2H3,(H,30,31). The molecule has 0 spiro atoms. The highest BCUT2D eigenvalue weighted by Gasteiger charge is 2.12. The molecule has 0 fully saturated rings. The van der Waals surface area contributed by atoms with Gasteiger partial charge in [0.2, 0.25) is 0 Å². The summed E-state index contributed by atoms with van der Waals surface area (Å²) in [6, 6.07) is 14.8. The van der Waals surface area contributed by atoms with Crippen molar-refractivity contribution in [3.8, 4) is 34.1 Å². The van der Waals surface area contributed by atoms with Gasteiger partial charge in [-0.3, -0.25) is 4.79 Å². The van der Waals surface area contributed by atoms with Crippen LogP contribution >= 0.6 is 0 Å². The van der Waals surface area contributed by atoms with Gasteiger partial charge in [0, 0.05) is 30.5 Å². The number of hydrogen-bond donors (Lipinski definition) is 2. The van der Waals surface area contributed by atoms with Gasteiger partial charge in [0.25, 0.3) is 0 Å². The van der Waals surface area contributed by atoms with Gasteiger partial charge < -0.3 is 24.4 Å². The summed E-state index contributed by atoms with van der Waals surface area (Å²) in [5.74, 6) is 0.703. The Morgan fingerprint density at radius 2 is 1.68 bits per heavy atom. The molecule has 180 valence electrons. The van der Waals surface area contributed by atoms with Crippen LogP contribution in [0.3, 0.4) is 0 Å². The Bertz CT molecular complexity index is 1110. The maximum atomic E-state index is 13.2. The van der Waals surface area contributed by atoms with E-state index >= 15 is 0 Å². The lowest BCUT2D eigenvalue weighted by atomic mass is 10.00. The summed E-state index contributed by atoms with van der Waals surface area (Å²) in [4.78, 5) is 10.8. The third-order valence-corrected chi connectivity index (χ3v) is 5.33. The fourth-order valence-corrected chi connectivity index (χ4v) is 3.54. The van der Waals surface area contributed by atoms with E-state index in [0.717, 1.165) is 16.7 Å². The number of halogens is 1. The van der Waals surface area contributed by atoms with Crippen LogP contribution in [0.15, 0.2) is 54.6 Å². The topological polar surface area (TPSA) is 85.2 Å². The minimum Gasteiger partial charge on any atom is -0.507 e. The number of carboxylic acid groups (broad SMARTS) is 1. The van der Waals surface area contributed by atoms with Crippen molar-refractivity contribution < 1.29 is 33.6 Å². The van der Waals surface area contributed by atoms with Gasteiger partial charge in [-0.15, -0.1) is 0 Å². The highest BCUT2D eigenvalue weighted by atomic mass is 19.1. The lowest BCUT2D eigenvalue weighted by Gasteiger charge is -2.15. The van der Waals surface area contributed by atoms with Crippen molar-refractivity contribution in [2.24, 2.45) is 0 Å². The third-order valence-electron chi connectivity index (χ3n) is 5.33. The molecular weight excluding hydrogens is 439 g/mol. The predicted octanol–water partition coefficient (Wildman–Crippen LogP) is 5.63. The maximum absolute atomic E-state index is 13.2. The number of methoxy groups -OCH3 is 1. The smallest absolute Gasteiger partial charge is 0.303 e. The van der Waals surface area contributed by atoms with Crippen LogP contribution in [0.25, 0.3) is 11.1 Å². The molecule has 6 nitrogen and oxygen atoms in total. The largest absolute Gasteiger partial charge is 0.507 e. The highest BCUT2D eigenvalue weighted by molar-refractivity contribution is 5.72. The van der Waals surface area contributed by atoms with Crippen LogP contribution < -0.4 is 14.2 Å². The number of ether oxygens (including phenoxy) is 3. The highest BCUT2D eigenvalue weighted by Crippen LogP contribution is 2.36. The van der Waals surface area contributed by atoms with Gasteiger partial charge in [-0.25, -0.2) is 4.39 Å². The number of hydrogen-bond acceptors (Lipinski definition) is 5. The number of benzene rings is 3. The Morgan fingerprint density at radius 3 is 2.35 bits per heavy atom. The molecule has 0 aliphatic heterocycles. The van der Waals surface area contributed by atoms with Crippen LogP contribution in [-0.2, 0) is 17.6 Å². The van der Waals surface area contributed by atoms with Gasteiger partial charge in [-0.1, -0.05) is 19.1 Å². The van der Waals surface area contributed by atoms with Crippen LogP contribution in [0.5, 0.6) is 23.0 Å². The molecule has 0 saturated carbocycles. The van der Waals surface area contributed by atoms with E-state index in [2.05, 4.69) is 0 Å². The molecule has 7 heteroatoms. The van der Waals surface area contributed by atoms with Gasteiger partial charge in [0.15, 0.2) is 0 Å². The average Bonchev–Trinajstić information content (AvgIpc) is 2.83. The summed E-state index contributed by atoms with van der Waals surface area (Å²) in [5, 5.41) is 19.4. The van der Waals surface area contributed by atoms with Crippen molar-refractivity contribution >= 4 is 5.97 Å². The molecule has 0 saturated heterocycles. The number of carboxylic acids is 1. The number of carbonyl (C=O) groups is 1. The van der Waals surface area contributed by atoms with E-state index in [4.69, 9.17) is 19.3 Å². The second-order valence-corrected chi connectivity index (χ2v) is 7.80. The molecule has 0 unspecified atom stereocenters. The lowest BCUT2D eigenvalue weighted by molar-refractivity contribution is -0.136. The first-order valence-electron chi connectivity index (χ1n) is 11.2. The van der Waals surface area contributed by atoms with E-state index < -0.39 is 5.97 Å². The van der Waals surface area contributed by atoms with E-state index in [-0.39, 0.29) is 18.0 Å². The van der Waals surface area contributed by atoms with Crippen molar-refractivity contribution in [1.29, 1.82) is 0 Å². The van der Waals surface area contributed by atoms with E-state index in [1.165, 1.54) is 12.1 Å². The van der Waals surface area contributed by atoms with Crippen LogP contribution in [0, 0.1) is 5.82 Å². The van der Waals surface area contributed by atoms with Crippen molar-refractivity contribution in [2.75, 3.05) is 20.3 Å². The first kappa shape index (κ1) is 24.9. The molecule has 0 radical (unpaired) electrons. The van der Waals surface area contributed by atoms with Crippen LogP contribution in [0.4, 0.5) is 4.39 Å². The van der Waals surface area contributed by atoms with Gasteiger partial charge in [-0.05, 0) is 59.9 Å². The number of aryl methyl sites for hydroxylation is 2. The summed E-state index contributed by atoms with van der Waals surface area (Å²) in [7, 11) is 1.55.